The first-order valence-corrected chi connectivity index (χ1v) is 6.88. The van der Waals surface area contributed by atoms with Gasteiger partial charge in [0.15, 0.2) is 11.5 Å². The highest BCUT2D eigenvalue weighted by atomic mass is 35.5. The number of amides is 1. The van der Waals surface area contributed by atoms with Crippen molar-refractivity contribution >= 4 is 24.1 Å². The number of fused-ring (bicyclic) bond motifs is 1. The Morgan fingerprint density at radius 1 is 1.55 bits per heavy atom. The highest BCUT2D eigenvalue weighted by Gasteiger charge is 2.21. The van der Waals surface area contributed by atoms with Crippen LogP contribution in [0.3, 0.4) is 0 Å². The zero-order valence-electron chi connectivity index (χ0n) is 12.3. The fourth-order valence-electron chi connectivity index (χ4n) is 2.33. The molecular formula is C13H19ClN6O2. The molecule has 0 unspecified atom stereocenters. The average molecular weight is 327 g/mol. The molecule has 0 spiro atoms. The second kappa shape index (κ2) is 7.39. The Morgan fingerprint density at radius 3 is 3.23 bits per heavy atom. The minimum absolute atomic E-state index is 0. The number of rotatable bonds is 5. The number of nitrogens with zero attached hydrogens (tertiary/aromatic N) is 3. The molecule has 0 saturated carbocycles. The summed E-state index contributed by atoms with van der Waals surface area (Å²) in [7, 11) is 1.64. The first kappa shape index (κ1) is 16.5. The Balaban J connectivity index is 0.00000176. The number of H-pyrrole nitrogens is 1. The molecule has 8 nitrogen and oxygen atoms in total. The lowest BCUT2D eigenvalue weighted by Gasteiger charge is -2.12. The summed E-state index contributed by atoms with van der Waals surface area (Å²) in [5, 5.41) is 17.3. The standard InChI is InChI=1S/C13H18N6O2.ClH/c1-21-7-6-19-5-3-11(18-19)15-13(20)12-9-8-14-4-2-10(9)16-17-12;/h3,5,14H,2,4,6-8H2,1H3,(H,16,17)(H,15,18,20);1H. The van der Waals surface area contributed by atoms with Crippen LogP contribution >= 0.6 is 12.4 Å². The van der Waals surface area contributed by atoms with Crippen LogP contribution in [-0.4, -0.2) is 46.1 Å². The second-order valence-electron chi connectivity index (χ2n) is 4.87. The Morgan fingerprint density at radius 2 is 2.41 bits per heavy atom. The predicted molar refractivity (Wildman–Crippen MR) is 83.3 cm³/mol. The summed E-state index contributed by atoms with van der Waals surface area (Å²) in [4.78, 5) is 12.3. The van der Waals surface area contributed by atoms with Crippen molar-refractivity contribution in [2.24, 2.45) is 0 Å². The Hall–Kier alpha value is -1.90. The van der Waals surface area contributed by atoms with Gasteiger partial charge in [0, 0.05) is 50.1 Å². The molecule has 2 aromatic rings. The summed E-state index contributed by atoms with van der Waals surface area (Å²) >= 11 is 0. The number of aromatic nitrogens is 4. The lowest BCUT2D eigenvalue weighted by Crippen LogP contribution is -2.25. The van der Waals surface area contributed by atoms with E-state index in [4.69, 9.17) is 4.74 Å². The van der Waals surface area contributed by atoms with E-state index in [1.54, 1.807) is 24.1 Å². The van der Waals surface area contributed by atoms with Crippen LogP contribution in [0.25, 0.3) is 0 Å². The topological polar surface area (TPSA) is 96.9 Å². The summed E-state index contributed by atoms with van der Waals surface area (Å²) in [5.41, 5.74) is 2.41. The molecule has 1 aliphatic rings. The first-order valence-electron chi connectivity index (χ1n) is 6.88. The molecule has 2 aromatic heterocycles. The van der Waals surface area contributed by atoms with Gasteiger partial charge in [-0.3, -0.25) is 14.6 Å². The Bertz CT molecular complexity index is 638. The van der Waals surface area contributed by atoms with Crippen LogP contribution in [0, 0.1) is 0 Å². The smallest absolute Gasteiger partial charge is 0.277 e. The van der Waals surface area contributed by atoms with Gasteiger partial charge in [0.05, 0.1) is 13.2 Å². The van der Waals surface area contributed by atoms with E-state index in [-0.39, 0.29) is 18.3 Å². The van der Waals surface area contributed by atoms with Gasteiger partial charge in [-0.15, -0.1) is 12.4 Å². The number of aromatic amines is 1. The lowest BCUT2D eigenvalue weighted by molar-refractivity contribution is 0.102. The zero-order valence-corrected chi connectivity index (χ0v) is 13.1. The number of nitrogens with one attached hydrogen (secondary N) is 3. The number of hydrogen-bond donors (Lipinski definition) is 3. The number of hydrogen-bond acceptors (Lipinski definition) is 5. The normalized spacial score (nSPS) is 13.3. The molecule has 0 bridgehead atoms. The van der Waals surface area contributed by atoms with Gasteiger partial charge in [-0.25, -0.2) is 0 Å². The molecule has 0 aromatic carbocycles. The van der Waals surface area contributed by atoms with Crippen LogP contribution in [0.1, 0.15) is 21.7 Å². The molecule has 0 saturated heterocycles. The van der Waals surface area contributed by atoms with Crippen molar-refractivity contribution in [1.29, 1.82) is 0 Å². The Kier molecular flexibility index (Phi) is 5.53. The molecule has 1 aliphatic heterocycles. The Labute approximate surface area is 134 Å². The van der Waals surface area contributed by atoms with E-state index in [2.05, 4.69) is 25.9 Å². The van der Waals surface area contributed by atoms with Gasteiger partial charge in [-0.05, 0) is 0 Å². The molecule has 120 valence electrons. The van der Waals surface area contributed by atoms with Crippen LogP contribution in [0.5, 0.6) is 0 Å². The molecular weight excluding hydrogens is 308 g/mol. The van der Waals surface area contributed by atoms with Crippen molar-refractivity contribution in [2.45, 2.75) is 19.5 Å². The maximum atomic E-state index is 12.3. The van der Waals surface area contributed by atoms with E-state index < -0.39 is 0 Å². The van der Waals surface area contributed by atoms with E-state index in [1.165, 1.54) is 0 Å². The van der Waals surface area contributed by atoms with Crippen molar-refractivity contribution in [3.8, 4) is 0 Å². The van der Waals surface area contributed by atoms with Gasteiger partial charge in [0.1, 0.15) is 0 Å². The molecule has 0 aliphatic carbocycles. The number of carbonyl (C=O) groups excluding carboxylic acids is 1. The van der Waals surface area contributed by atoms with Gasteiger partial charge in [-0.2, -0.15) is 10.2 Å². The quantitative estimate of drug-likeness (QED) is 0.746. The third kappa shape index (κ3) is 3.46. The fraction of sp³-hybridized carbons (Fsp3) is 0.462. The van der Waals surface area contributed by atoms with E-state index in [9.17, 15) is 4.79 Å². The van der Waals surface area contributed by atoms with Crippen molar-refractivity contribution in [2.75, 3.05) is 25.6 Å². The number of carbonyl (C=O) groups is 1. The van der Waals surface area contributed by atoms with Crippen LogP contribution in [0.2, 0.25) is 0 Å². The second-order valence-corrected chi connectivity index (χ2v) is 4.87. The molecule has 3 rings (SSSR count). The zero-order chi connectivity index (χ0) is 14.7. The maximum Gasteiger partial charge on any atom is 0.277 e. The predicted octanol–water partition coefficient (Wildman–Crippen LogP) is 0.572. The minimum Gasteiger partial charge on any atom is -0.383 e. The average Bonchev–Trinajstić information content (AvgIpc) is 3.11. The van der Waals surface area contributed by atoms with E-state index in [1.807, 2.05) is 0 Å². The fourth-order valence-corrected chi connectivity index (χ4v) is 2.33. The molecule has 9 heteroatoms. The van der Waals surface area contributed by atoms with Gasteiger partial charge in [0.25, 0.3) is 5.91 Å². The molecule has 0 fully saturated rings. The summed E-state index contributed by atoms with van der Waals surface area (Å²) < 4.78 is 6.71. The molecule has 3 N–H and O–H groups in total. The largest absolute Gasteiger partial charge is 0.383 e. The lowest BCUT2D eigenvalue weighted by atomic mass is 10.1. The van der Waals surface area contributed by atoms with Gasteiger partial charge in [0.2, 0.25) is 0 Å². The first-order chi connectivity index (χ1) is 10.3. The monoisotopic (exact) mass is 326 g/mol. The van der Waals surface area contributed by atoms with Gasteiger partial charge in [-0.1, -0.05) is 0 Å². The summed E-state index contributed by atoms with van der Waals surface area (Å²) in [6.45, 7) is 2.79. The third-order valence-corrected chi connectivity index (χ3v) is 3.43. The SMILES string of the molecule is COCCn1ccc(NC(=O)c2n[nH]c3c2CNCC3)n1.Cl. The summed E-state index contributed by atoms with van der Waals surface area (Å²) in [6.07, 6.45) is 2.66. The molecule has 1 amide bonds. The molecule has 22 heavy (non-hydrogen) atoms. The number of anilines is 1. The highest BCUT2D eigenvalue weighted by molar-refractivity contribution is 6.03. The van der Waals surface area contributed by atoms with Crippen LogP contribution in [0.15, 0.2) is 12.3 Å². The van der Waals surface area contributed by atoms with Crippen LogP contribution in [0.4, 0.5) is 5.82 Å². The van der Waals surface area contributed by atoms with Crippen molar-refractivity contribution in [1.82, 2.24) is 25.3 Å². The van der Waals surface area contributed by atoms with Crippen LogP contribution < -0.4 is 10.6 Å². The summed E-state index contributed by atoms with van der Waals surface area (Å²) in [6, 6.07) is 1.75. The summed E-state index contributed by atoms with van der Waals surface area (Å²) in [5.74, 6) is 0.268. The molecule has 0 atom stereocenters. The third-order valence-electron chi connectivity index (χ3n) is 3.43. The highest BCUT2D eigenvalue weighted by Crippen LogP contribution is 2.16. The number of halogens is 1. The number of ether oxygens (including phenoxy) is 1. The number of methoxy groups -OCH3 is 1. The van der Waals surface area contributed by atoms with Crippen LogP contribution in [-0.2, 0) is 24.2 Å². The van der Waals surface area contributed by atoms with E-state index in [0.29, 0.717) is 31.2 Å². The maximum absolute atomic E-state index is 12.3. The minimum atomic E-state index is -0.242. The van der Waals surface area contributed by atoms with E-state index in [0.717, 1.165) is 24.2 Å². The molecule has 3 heterocycles. The van der Waals surface area contributed by atoms with Gasteiger partial charge >= 0.3 is 0 Å². The van der Waals surface area contributed by atoms with Crippen molar-refractivity contribution in [3.63, 3.8) is 0 Å². The van der Waals surface area contributed by atoms with E-state index >= 15 is 0 Å². The van der Waals surface area contributed by atoms with Crippen molar-refractivity contribution < 1.29 is 9.53 Å². The molecule has 0 radical (unpaired) electrons. The van der Waals surface area contributed by atoms with Gasteiger partial charge < -0.3 is 15.4 Å². The van der Waals surface area contributed by atoms with Crippen molar-refractivity contribution in [3.05, 3.63) is 29.2 Å².